The van der Waals surface area contributed by atoms with Crippen LogP contribution in [0.1, 0.15) is 12.7 Å². The first kappa shape index (κ1) is 11.4. The number of hydrogen-bond donors (Lipinski definition) is 1. The van der Waals surface area contributed by atoms with Crippen molar-refractivity contribution in [3.8, 4) is 0 Å². The monoisotopic (exact) mass is 182 g/mol. The minimum Gasteiger partial charge on any atom is -0.481 e. The Morgan fingerprint density at radius 1 is 1.85 bits per heavy atom. The summed E-state index contributed by atoms with van der Waals surface area (Å²) < 4.78 is 1.99. The van der Waals surface area contributed by atoms with Gasteiger partial charge < -0.3 is 9.67 Å². The number of nitrogens with zero attached hydrogens (tertiary/aromatic N) is 2. The molecule has 0 amide bonds. The van der Waals surface area contributed by atoms with E-state index in [2.05, 4.69) is 11.6 Å². The summed E-state index contributed by atoms with van der Waals surface area (Å²) in [7, 11) is 1.98. The molecule has 1 N–H and O–H groups in total. The van der Waals surface area contributed by atoms with Crippen LogP contribution in [-0.4, -0.2) is 20.6 Å². The second kappa shape index (κ2) is 5.99. The summed E-state index contributed by atoms with van der Waals surface area (Å²) >= 11 is 0. The minimum atomic E-state index is -0.833. The lowest BCUT2D eigenvalue weighted by molar-refractivity contribution is -0.134. The van der Waals surface area contributed by atoms with Crippen LogP contribution in [0.25, 0.3) is 0 Å². The number of carbonyl (C=O) groups is 1. The van der Waals surface area contributed by atoms with Crippen molar-refractivity contribution in [1.29, 1.82) is 0 Å². The Kier molecular flexibility index (Phi) is 5.27. The van der Waals surface area contributed by atoms with Crippen molar-refractivity contribution < 1.29 is 9.90 Å². The van der Waals surface area contributed by atoms with Gasteiger partial charge in [-0.05, 0) is 0 Å². The van der Waals surface area contributed by atoms with E-state index in [1.165, 1.54) is 0 Å². The van der Waals surface area contributed by atoms with Crippen LogP contribution in [0.3, 0.4) is 0 Å². The quantitative estimate of drug-likeness (QED) is 0.700. The summed E-state index contributed by atoms with van der Waals surface area (Å²) in [5.74, 6) is 0.227. The molecular formula is C9H14N2O2. The Bertz CT molecular complexity index is 275. The molecule has 72 valence electrons. The fourth-order valence-electron chi connectivity index (χ4n) is 0.722. The lowest BCUT2D eigenvalue weighted by atomic mass is 10.4. The van der Waals surface area contributed by atoms with Crippen molar-refractivity contribution in [1.82, 2.24) is 9.55 Å². The predicted octanol–water partition coefficient (Wildman–Crippen LogP) is 1.24. The highest BCUT2D eigenvalue weighted by atomic mass is 16.4. The Hall–Kier alpha value is -1.58. The van der Waals surface area contributed by atoms with Gasteiger partial charge in [0, 0.05) is 32.8 Å². The third-order valence-electron chi connectivity index (χ3n) is 1.25. The molecule has 0 saturated heterocycles. The van der Waals surface area contributed by atoms with E-state index in [1.54, 1.807) is 6.20 Å². The molecule has 0 bridgehead atoms. The Morgan fingerprint density at radius 3 is 2.69 bits per heavy atom. The molecule has 4 nitrogen and oxygen atoms in total. The van der Waals surface area contributed by atoms with Crippen LogP contribution in [0.15, 0.2) is 25.0 Å². The van der Waals surface area contributed by atoms with Gasteiger partial charge in [-0.1, -0.05) is 6.08 Å². The zero-order chi connectivity index (χ0) is 10.3. The lowest BCUT2D eigenvalue weighted by Gasteiger charge is -1.93. The first-order valence-electron chi connectivity index (χ1n) is 3.84. The van der Waals surface area contributed by atoms with Gasteiger partial charge in [0.25, 0.3) is 5.97 Å². The smallest absolute Gasteiger partial charge is 0.300 e. The second-order valence-electron chi connectivity index (χ2n) is 2.47. The van der Waals surface area contributed by atoms with Crippen LogP contribution in [0, 0.1) is 0 Å². The molecule has 0 aromatic carbocycles. The fraction of sp³-hybridized carbons (Fsp3) is 0.333. The van der Waals surface area contributed by atoms with Gasteiger partial charge in [0.1, 0.15) is 5.82 Å². The molecule has 1 rings (SSSR count). The van der Waals surface area contributed by atoms with Crippen molar-refractivity contribution in [2.24, 2.45) is 7.05 Å². The van der Waals surface area contributed by atoms with Crippen LogP contribution in [-0.2, 0) is 18.3 Å². The third-order valence-corrected chi connectivity index (χ3v) is 1.25. The summed E-state index contributed by atoms with van der Waals surface area (Å²) in [5, 5.41) is 7.42. The van der Waals surface area contributed by atoms with Gasteiger partial charge in [0.05, 0.1) is 0 Å². The molecule has 0 aliphatic heterocycles. The molecule has 0 unspecified atom stereocenters. The maximum Gasteiger partial charge on any atom is 0.300 e. The van der Waals surface area contributed by atoms with Crippen LogP contribution in [0.4, 0.5) is 0 Å². The van der Waals surface area contributed by atoms with Gasteiger partial charge in [-0.15, -0.1) is 6.58 Å². The van der Waals surface area contributed by atoms with E-state index in [1.807, 2.05) is 23.9 Å². The molecule has 4 heteroatoms. The summed E-state index contributed by atoms with van der Waals surface area (Å²) in [6, 6.07) is 0. The number of rotatable bonds is 2. The van der Waals surface area contributed by atoms with Gasteiger partial charge in [0.15, 0.2) is 0 Å². The average Bonchev–Trinajstić information content (AvgIpc) is 2.36. The molecule has 0 atom stereocenters. The molecule has 0 aliphatic carbocycles. The number of hydrogen-bond acceptors (Lipinski definition) is 2. The van der Waals surface area contributed by atoms with E-state index >= 15 is 0 Å². The molecule has 13 heavy (non-hydrogen) atoms. The van der Waals surface area contributed by atoms with Crippen molar-refractivity contribution >= 4 is 5.97 Å². The van der Waals surface area contributed by atoms with Crippen LogP contribution in [0.5, 0.6) is 0 Å². The molecular weight excluding hydrogens is 168 g/mol. The van der Waals surface area contributed by atoms with Crippen molar-refractivity contribution in [2.45, 2.75) is 13.3 Å². The lowest BCUT2D eigenvalue weighted by Crippen LogP contribution is -1.93. The van der Waals surface area contributed by atoms with Crippen molar-refractivity contribution in [3.63, 3.8) is 0 Å². The predicted molar refractivity (Wildman–Crippen MR) is 50.4 cm³/mol. The van der Waals surface area contributed by atoms with Crippen LogP contribution >= 0.6 is 0 Å². The van der Waals surface area contributed by atoms with Crippen LogP contribution < -0.4 is 0 Å². The maximum atomic E-state index is 9.00. The zero-order valence-electron chi connectivity index (χ0n) is 7.90. The number of carboxylic acids is 1. The van der Waals surface area contributed by atoms with Crippen molar-refractivity contribution in [3.05, 3.63) is 30.9 Å². The van der Waals surface area contributed by atoms with Gasteiger partial charge in [-0.25, -0.2) is 4.98 Å². The molecule has 0 fully saturated rings. The Balaban J connectivity index is 0.000000310. The average molecular weight is 182 g/mol. The number of allylic oxidation sites excluding steroid dienone is 1. The fourth-order valence-corrected chi connectivity index (χ4v) is 0.722. The molecule has 1 aromatic rings. The molecule has 0 aliphatic rings. The molecule has 0 saturated carbocycles. The number of aliphatic carboxylic acids is 1. The molecule has 0 radical (unpaired) electrons. The standard InChI is InChI=1S/C7H10N2.C2H4O2/c1-3-4-7-8-5-6-9(7)2;1-2(3)4/h3,5-6H,1,4H2,2H3;1H3,(H,3,4). The van der Waals surface area contributed by atoms with Gasteiger partial charge >= 0.3 is 0 Å². The van der Waals surface area contributed by atoms with E-state index in [-0.39, 0.29) is 0 Å². The zero-order valence-corrected chi connectivity index (χ0v) is 7.90. The largest absolute Gasteiger partial charge is 0.481 e. The highest BCUT2D eigenvalue weighted by molar-refractivity contribution is 5.62. The third kappa shape index (κ3) is 5.66. The van der Waals surface area contributed by atoms with E-state index in [0.29, 0.717) is 0 Å². The van der Waals surface area contributed by atoms with E-state index < -0.39 is 5.97 Å². The van der Waals surface area contributed by atoms with Crippen LogP contribution in [0.2, 0.25) is 0 Å². The summed E-state index contributed by atoms with van der Waals surface area (Å²) in [5.41, 5.74) is 0. The highest BCUT2D eigenvalue weighted by Gasteiger charge is 1.92. The molecule has 1 heterocycles. The second-order valence-corrected chi connectivity index (χ2v) is 2.47. The molecule has 1 aromatic heterocycles. The van der Waals surface area contributed by atoms with E-state index in [9.17, 15) is 0 Å². The first-order chi connectivity index (χ1) is 6.07. The Labute approximate surface area is 77.5 Å². The van der Waals surface area contributed by atoms with Crippen molar-refractivity contribution in [2.75, 3.05) is 0 Å². The number of carboxylic acid groups (broad SMARTS) is 1. The topological polar surface area (TPSA) is 55.1 Å². The Morgan fingerprint density at radius 2 is 2.38 bits per heavy atom. The highest BCUT2D eigenvalue weighted by Crippen LogP contribution is 1.94. The SMILES string of the molecule is C=CCc1nccn1C.CC(=O)O. The maximum absolute atomic E-state index is 9.00. The first-order valence-corrected chi connectivity index (χ1v) is 3.84. The number of aromatic nitrogens is 2. The summed E-state index contributed by atoms with van der Waals surface area (Å²) in [6.45, 7) is 4.71. The normalized spacial score (nSPS) is 8.46. The van der Waals surface area contributed by atoms with E-state index in [4.69, 9.17) is 9.90 Å². The number of aryl methyl sites for hydroxylation is 1. The number of imidazole rings is 1. The van der Waals surface area contributed by atoms with Gasteiger partial charge in [-0.2, -0.15) is 0 Å². The van der Waals surface area contributed by atoms with E-state index in [0.717, 1.165) is 19.2 Å². The van der Waals surface area contributed by atoms with Gasteiger partial charge in [-0.3, -0.25) is 4.79 Å². The summed E-state index contributed by atoms with van der Waals surface area (Å²) in [6.07, 6.45) is 6.42. The minimum absolute atomic E-state index is 0.833. The van der Waals surface area contributed by atoms with Gasteiger partial charge in [0.2, 0.25) is 0 Å². The molecule has 0 spiro atoms. The summed E-state index contributed by atoms with van der Waals surface area (Å²) in [4.78, 5) is 13.1.